The van der Waals surface area contributed by atoms with E-state index in [4.69, 9.17) is 0 Å². The maximum absolute atomic E-state index is 12.7. The van der Waals surface area contributed by atoms with E-state index in [2.05, 4.69) is 29.4 Å². The van der Waals surface area contributed by atoms with Gasteiger partial charge in [-0.05, 0) is 31.5 Å². The Hall–Kier alpha value is -1.14. The van der Waals surface area contributed by atoms with Crippen molar-refractivity contribution in [1.82, 2.24) is 10.2 Å². The molecule has 0 saturated heterocycles. The number of hydrogen-bond donors (Lipinski definition) is 1. The Morgan fingerprint density at radius 2 is 2.00 bits per heavy atom. The van der Waals surface area contributed by atoms with E-state index in [1.807, 2.05) is 0 Å². The monoisotopic (exact) mass is 283 g/mol. The fraction of sp³-hybridized carbons (Fsp3) is 0.333. The molecule has 96 valence electrons. The molecule has 6 heteroatoms. The topological polar surface area (TPSA) is 37.8 Å². The number of thioether (sulfide) groups is 1. The molecule has 0 bridgehead atoms. The van der Waals surface area contributed by atoms with Crippen LogP contribution < -0.4 is 5.32 Å². The number of aromatic nitrogens is 2. The number of benzene rings is 1. The molecule has 0 saturated carbocycles. The summed E-state index contributed by atoms with van der Waals surface area (Å²) in [6.07, 6.45) is 0. The third kappa shape index (κ3) is 3.96. The first-order valence-corrected chi connectivity index (χ1v) is 7.41. The van der Waals surface area contributed by atoms with Gasteiger partial charge >= 0.3 is 0 Å². The summed E-state index contributed by atoms with van der Waals surface area (Å²) in [5, 5.41) is 12.2. The molecule has 1 aromatic carbocycles. The third-order valence-electron chi connectivity index (χ3n) is 2.09. The van der Waals surface area contributed by atoms with Crippen LogP contribution in [0.4, 0.5) is 9.52 Å². The Morgan fingerprint density at radius 3 is 2.67 bits per heavy atom. The van der Waals surface area contributed by atoms with E-state index >= 15 is 0 Å². The predicted molar refractivity (Wildman–Crippen MR) is 74.6 cm³/mol. The molecule has 2 aromatic rings. The number of halogens is 1. The first kappa shape index (κ1) is 13.3. The number of hydrogen-bond acceptors (Lipinski definition) is 5. The smallest absolute Gasteiger partial charge is 0.206 e. The van der Waals surface area contributed by atoms with Crippen molar-refractivity contribution in [2.45, 2.75) is 30.0 Å². The largest absolute Gasteiger partial charge is 0.358 e. The third-order valence-corrected chi connectivity index (χ3v) is 4.15. The molecule has 0 radical (unpaired) electrons. The molecule has 3 nitrogen and oxygen atoms in total. The van der Waals surface area contributed by atoms with Gasteiger partial charge in [-0.15, -0.1) is 10.2 Å². The molecular formula is C12H14FN3S2. The van der Waals surface area contributed by atoms with Crippen LogP contribution in [0.3, 0.4) is 0 Å². The van der Waals surface area contributed by atoms with Gasteiger partial charge in [0, 0.05) is 11.8 Å². The Labute approximate surface area is 114 Å². The number of anilines is 1. The standard InChI is InChI=1S/C12H14FN3S2/c1-8(2)14-11-15-16-12(18-11)17-7-9-3-5-10(13)6-4-9/h3-6,8H,7H2,1-2H3,(H,14,15). The van der Waals surface area contributed by atoms with Crippen LogP contribution >= 0.6 is 23.1 Å². The van der Waals surface area contributed by atoms with Crippen molar-refractivity contribution >= 4 is 28.2 Å². The van der Waals surface area contributed by atoms with Gasteiger partial charge in [-0.3, -0.25) is 0 Å². The minimum atomic E-state index is -0.205. The van der Waals surface area contributed by atoms with Crippen LogP contribution in [0.15, 0.2) is 28.6 Å². The van der Waals surface area contributed by atoms with Gasteiger partial charge in [0.25, 0.3) is 0 Å². The van der Waals surface area contributed by atoms with E-state index in [1.54, 1.807) is 23.9 Å². The van der Waals surface area contributed by atoms with E-state index < -0.39 is 0 Å². The fourth-order valence-corrected chi connectivity index (χ4v) is 3.15. The van der Waals surface area contributed by atoms with Crippen LogP contribution in [0.25, 0.3) is 0 Å². The summed E-state index contributed by atoms with van der Waals surface area (Å²) in [5.41, 5.74) is 1.08. The zero-order valence-corrected chi connectivity index (χ0v) is 11.8. The summed E-state index contributed by atoms with van der Waals surface area (Å²) >= 11 is 3.15. The lowest BCUT2D eigenvalue weighted by molar-refractivity contribution is 0.627. The van der Waals surface area contributed by atoms with Crippen molar-refractivity contribution in [3.8, 4) is 0 Å². The predicted octanol–water partition coefficient (Wildman–Crippen LogP) is 3.79. The minimum absolute atomic E-state index is 0.205. The lowest BCUT2D eigenvalue weighted by Crippen LogP contribution is -2.08. The maximum atomic E-state index is 12.7. The average Bonchev–Trinajstić information content (AvgIpc) is 2.75. The Balaban J connectivity index is 1.90. The number of nitrogens with zero attached hydrogens (tertiary/aromatic N) is 2. The van der Waals surface area contributed by atoms with Gasteiger partial charge in [0.15, 0.2) is 4.34 Å². The Morgan fingerprint density at radius 1 is 1.28 bits per heavy atom. The molecule has 0 amide bonds. The molecular weight excluding hydrogens is 269 g/mol. The van der Waals surface area contributed by atoms with Crippen molar-refractivity contribution < 1.29 is 4.39 Å². The lowest BCUT2D eigenvalue weighted by Gasteiger charge is -2.03. The van der Waals surface area contributed by atoms with Crippen molar-refractivity contribution in [3.63, 3.8) is 0 Å². The first-order chi connectivity index (χ1) is 8.63. The van der Waals surface area contributed by atoms with Gasteiger partial charge in [-0.25, -0.2) is 4.39 Å². The molecule has 0 fully saturated rings. The number of nitrogens with one attached hydrogen (secondary N) is 1. The van der Waals surface area contributed by atoms with Crippen molar-refractivity contribution in [2.75, 3.05) is 5.32 Å². The van der Waals surface area contributed by atoms with E-state index in [9.17, 15) is 4.39 Å². The second kappa shape index (κ2) is 6.15. The summed E-state index contributed by atoms with van der Waals surface area (Å²) in [7, 11) is 0. The summed E-state index contributed by atoms with van der Waals surface area (Å²) in [6, 6.07) is 6.88. The molecule has 1 heterocycles. The normalized spacial score (nSPS) is 10.9. The Kier molecular flexibility index (Phi) is 4.54. The van der Waals surface area contributed by atoms with Gasteiger partial charge in [-0.1, -0.05) is 35.2 Å². The van der Waals surface area contributed by atoms with Crippen LogP contribution in [0, 0.1) is 5.82 Å². The summed E-state index contributed by atoms with van der Waals surface area (Å²) in [4.78, 5) is 0. The van der Waals surface area contributed by atoms with Gasteiger partial charge < -0.3 is 5.32 Å². The molecule has 0 aliphatic carbocycles. The van der Waals surface area contributed by atoms with Gasteiger partial charge in [-0.2, -0.15) is 0 Å². The second-order valence-corrected chi connectivity index (χ2v) is 6.29. The second-order valence-electron chi connectivity index (χ2n) is 4.09. The molecule has 0 aliphatic heterocycles. The highest BCUT2D eigenvalue weighted by molar-refractivity contribution is 8.00. The highest BCUT2D eigenvalue weighted by Crippen LogP contribution is 2.28. The van der Waals surface area contributed by atoms with Gasteiger partial charge in [0.2, 0.25) is 5.13 Å². The Bertz CT molecular complexity index is 496. The summed E-state index contributed by atoms with van der Waals surface area (Å²) in [5.74, 6) is 0.569. The molecule has 0 spiro atoms. The van der Waals surface area contributed by atoms with Crippen molar-refractivity contribution in [1.29, 1.82) is 0 Å². The molecule has 1 N–H and O–H groups in total. The SMILES string of the molecule is CC(C)Nc1nnc(SCc2ccc(F)cc2)s1. The van der Waals surface area contributed by atoms with Crippen LogP contribution in [0.2, 0.25) is 0 Å². The summed E-state index contributed by atoms with van der Waals surface area (Å²) < 4.78 is 13.7. The minimum Gasteiger partial charge on any atom is -0.358 e. The molecule has 1 aromatic heterocycles. The average molecular weight is 283 g/mol. The highest BCUT2D eigenvalue weighted by Gasteiger charge is 2.06. The molecule has 2 rings (SSSR count). The van der Waals surface area contributed by atoms with Crippen LogP contribution in [0.1, 0.15) is 19.4 Å². The van der Waals surface area contributed by atoms with Gasteiger partial charge in [0.1, 0.15) is 5.82 Å². The fourth-order valence-electron chi connectivity index (χ4n) is 1.30. The van der Waals surface area contributed by atoms with Crippen LogP contribution in [0.5, 0.6) is 0 Å². The zero-order chi connectivity index (χ0) is 13.0. The molecule has 0 unspecified atom stereocenters. The lowest BCUT2D eigenvalue weighted by atomic mass is 10.2. The number of rotatable bonds is 5. The zero-order valence-electron chi connectivity index (χ0n) is 10.2. The molecule has 18 heavy (non-hydrogen) atoms. The van der Waals surface area contributed by atoms with Gasteiger partial charge in [0.05, 0.1) is 0 Å². The molecule has 0 aliphatic rings. The highest BCUT2D eigenvalue weighted by atomic mass is 32.2. The van der Waals surface area contributed by atoms with Crippen LogP contribution in [-0.4, -0.2) is 16.2 Å². The van der Waals surface area contributed by atoms with Crippen molar-refractivity contribution in [2.24, 2.45) is 0 Å². The first-order valence-electron chi connectivity index (χ1n) is 5.61. The van der Waals surface area contributed by atoms with Crippen molar-refractivity contribution in [3.05, 3.63) is 35.6 Å². The van der Waals surface area contributed by atoms with E-state index in [0.717, 1.165) is 20.8 Å². The van der Waals surface area contributed by atoms with E-state index in [-0.39, 0.29) is 5.82 Å². The maximum Gasteiger partial charge on any atom is 0.206 e. The van der Waals surface area contributed by atoms with E-state index in [1.165, 1.54) is 23.5 Å². The van der Waals surface area contributed by atoms with Crippen LogP contribution in [-0.2, 0) is 5.75 Å². The quantitative estimate of drug-likeness (QED) is 0.847. The summed E-state index contributed by atoms with van der Waals surface area (Å²) in [6.45, 7) is 4.12. The molecule has 0 atom stereocenters. The van der Waals surface area contributed by atoms with E-state index in [0.29, 0.717) is 6.04 Å².